The molecule has 0 aliphatic carbocycles. The summed E-state index contributed by atoms with van der Waals surface area (Å²) < 4.78 is 115. The van der Waals surface area contributed by atoms with E-state index < -0.39 is 43.8 Å². The van der Waals surface area contributed by atoms with E-state index in [-0.39, 0.29) is 35.3 Å². The van der Waals surface area contributed by atoms with E-state index in [0.717, 1.165) is 158 Å². The number of fused-ring (bicyclic) bond motifs is 18. The molecule has 0 spiro atoms. The van der Waals surface area contributed by atoms with Gasteiger partial charge in [-0.25, -0.2) is 4.39 Å². The Bertz CT molecular complexity index is 9280. The summed E-state index contributed by atoms with van der Waals surface area (Å²) in [6.45, 7) is 33.1. The van der Waals surface area contributed by atoms with Crippen LogP contribution in [0.15, 0.2) is 280 Å². The van der Waals surface area contributed by atoms with Gasteiger partial charge in [0.2, 0.25) is 0 Å². The lowest BCUT2D eigenvalue weighted by Crippen LogP contribution is -2.41. The van der Waals surface area contributed by atoms with Crippen molar-refractivity contribution in [2.45, 2.75) is 156 Å². The van der Waals surface area contributed by atoms with Gasteiger partial charge < -0.3 is 68.2 Å². The highest BCUT2D eigenvalue weighted by atomic mass is 32.1. The molecular formula is C112H89B4FO15S2. The van der Waals surface area contributed by atoms with Gasteiger partial charge in [-0.05, 0) is 291 Å². The molecule has 15 nitrogen and oxygen atoms in total. The fourth-order valence-corrected chi connectivity index (χ4v) is 23.0. The molecule has 4 fully saturated rings. The van der Waals surface area contributed by atoms with Crippen molar-refractivity contribution < 1.29 is 72.5 Å². The Kier molecular flexibility index (Phi) is 17.4. The van der Waals surface area contributed by atoms with Crippen LogP contribution in [0.5, 0.6) is 0 Å². The smallest absolute Gasteiger partial charge is 0.456 e. The van der Waals surface area contributed by atoms with E-state index in [4.69, 9.17) is 68.2 Å². The summed E-state index contributed by atoms with van der Waals surface area (Å²) in [5, 5.41) is 26.2. The van der Waals surface area contributed by atoms with Crippen molar-refractivity contribution in [3.63, 3.8) is 0 Å². The topological polar surface area (TPSA) is 166 Å². The van der Waals surface area contributed by atoms with Crippen molar-refractivity contribution >= 4 is 299 Å². The van der Waals surface area contributed by atoms with Gasteiger partial charge in [0.25, 0.3) is 0 Å². The van der Waals surface area contributed by atoms with Crippen LogP contribution in [0.1, 0.15) is 111 Å². The number of furan rings is 5. The van der Waals surface area contributed by atoms with Gasteiger partial charge in [0.05, 0.1) is 61.0 Å². The lowest BCUT2D eigenvalue weighted by molar-refractivity contribution is 0.00578. The van der Waals surface area contributed by atoms with Gasteiger partial charge >= 0.3 is 28.5 Å². The molecule has 0 bridgehead atoms. The highest BCUT2D eigenvalue weighted by Crippen LogP contribution is 2.52. The fraction of sp³-hybridized carbons (Fsp3) is 0.214. The molecule has 0 unspecified atom stereocenters. The lowest BCUT2D eigenvalue weighted by Gasteiger charge is -2.32. The highest BCUT2D eigenvalue weighted by Gasteiger charge is 2.56. The molecule has 22 heteroatoms. The van der Waals surface area contributed by atoms with Gasteiger partial charge in [-0.3, -0.25) is 0 Å². The van der Waals surface area contributed by atoms with Crippen LogP contribution in [0.2, 0.25) is 0 Å². The van der Waals surface area contributed by atoms with Gasteiger partial charge in [-0.2, -0.15) is 0 Å². The van der Waals surface area contributed by atoms with Gasteiger partial charge in [0, 0.05) is 88.8 Å². The zero-order chi connectivity index (χ0) is 91.5. The first kappa shape index (κ1) is 82.2. The average Bonchev–Trinajstić information content (AvgIpc) is 1.54. The number of hydrogen-bond donors (Lipinski definition) is 0. The van der Waals surface area contributed by atoms with Crippen LogP contribution in [0.4, 0.5) is 4.39 Å². The number of thiophene rings is 1. The van der Waals surface area contributed by atoms with Gasteiger partial charge in [0.15, 0.2) is 0 Å². The van der Waals surface area contributed by atoms with E-state index in [1.165, 1.54) is 74.0 Å². The predicted octanol–water partition coefficient (Wildman–Crippen LogP) is 29.0. The fourth-order valence-electron chi connectivity index (χ4n) is 20.5. The number of benzene rings is 16. The zero-order valence-corrected chi connectivity index (χ0v) is 78.4. The van der Waals surface area contributed by atoms with E-state index in [9.17, 15) is 4.39 Å². The van der Waals surface area contributed by atoms with E-state index in [1.54, 1.807) is 6.07 Å². The second-order valence-corrected chi connectivity index (χ2v) is 42.8. The van der Waals surface area contributed by atoms with E-state index >= 15 is 0 Å². The maximum atomic E-state index is 14.1. The molecule has 0 radical (unpaired) electrons. The van der Waals surface area contributed by atoms with Crippen molar-refractivity contribution in [3.8, 4) is 0 Å². The monoisotopic (exact) mass is 1800 g/mol. The Morgan fingerprint density at radius 1 is 0.201 bits per heavy atom. The SMILES string of the molecule is CC1(C)OB(c2cc3oc4ccc5oc6cc7cc(F)ccc7c7oc(c2)c3c4c5c67)OC1(C)C.CC1(C)OB(c2cc3sc4cccc5c6ccc7ccccc7c6sc(c2)c3c45)OC1(C)C.CC1(C)OB(c2ccc3c(c2)oc2c4ccccc4cc4oc5cccc3c5c42)OC1(C)C.CC1(C)OB(c2ccc3c(c2)oc2ccc4oc5cc6ccccc6cc5c4c23)OC1(C)C. The highest BCUT2D eigenvalue weighted by molar-refractivity contribution is 7.29. The molecular weight excluding hydrogens is 1710 g/mol. The molecule has 25 aromatic rings. The molecule has 0 N–H and O–H groups in total. The van der Waals surface area contributed by atoms with E-state index in [2.05, 4.69) is 241 Å². The van der Waals surface area contributed by atoms with Crippen LogP contribution in [0, 0.1) is 5.82 Å². The third-order valence-corrected chi connectivity index (χ3v) is 32.7. The molecule has 16 aromatic carbocycles. The van der Waals surface area contributed by atoms with Crippen LogP contribution >= 0.6 is 22.7 Å². The average molecular weight is 1800 g/mol. The molecule has 4 aliphatic heterocycles. The van der Waals surface area contributed by atoms with Gasteiger partial charge in [-0.15, -0.1) is 22.7 Å². The molecule has 0 amide bonds. The van der Waals surface area contributed by atoms with Crippen LogP contribution in [0.3, 0.4) is 0 Å². The zero-order valence-electron chi connectivity index (χ0n) is 76.8. The van der Waals surface area contributed by atoms with Crippen LogP contribution in [0.25, 0.3) is 226 Å². The number of hydrogen-bond acceptors (Lipinski definition) is 17. The van der Waals surface area contributed by atoms with E-state index in [0.29, 0.717) is 27.7 Å². The number of halogens is 1. The maximum absolute atomic E-state index is 14.1. The quantitative estimate of drug-likeness (QED) is 0.153. The normalized spacial score (nSPS) is 17.9. The Morgan fingerprint density at radius 3 is 1.17 bits per heavy atom. The Morgan fingerprint density at radius 2 is 0.575 bits per heavy atom. The van der Waals surface area contributed by atoms with Crippen LogP contribution in [-0.2, 0) is 37.2 Å². The maximum Gasteiger partial charge on any atom is 0.495 e. The van der Waals surface area contributed by atoms with Gasteiger partial charge in [-0.1, -0.05) is 133 Å². The second kappa shape index (κ2) is 28.3. The van der Waals surface area contributed by atoms with Crippen LogP contribution in [-0.4, -0.2) is 73.3 Å². The predicted molar refractivity (Wildman–Crippen MR) is 549 cm³/mol. The summed E-state index contributed by atoms with van der Waals surface area (Å²) in [5.74, 6) is -0.308. The molecule has 13 heterocycles. The molecule has 0 atom stereocenters. The molecule has 658 valence electrons. The molecule has 0 saturated carbocycles. The van der Waals surface area contributed by atoms with Crippen molar-refractivity contribution in [1.82, 2.24) is 0 Å². The summed E-state index contributed by atoms with van der Waals surface area (Å²) in [5.41, 5.74) is 11.4. The second-order valence-electron chi connectivity index (χ2n) is 40.7. The molecule has 134 heavy (non-hydrogen) atoms. The van der Waals surface area contributed by atoms with Crippen molar-refractivity contribution in [2.24, 2.45) is 0 Å². The summed E-state index contributed by atoms with van der Waals surface area (Å²) in [6, 6.07) is 84.7. The Labute approximate surface area is 776 Å². The number of rotatable bonds is 4. The Balaban J connectivity index is 0.0000000932. The lowest BCUT2D eigenvalue weighted by atomic mass is 9.78. The van der Waals surface area contributed by atoms with Gasteiger partial charge in [0.1, 0.15) is 84.0 Å². The first-order valence-corrected chi connectivity index (χ1v) is 47.5. The van der Waals surface area contributed by atoms with Crippen molar-refractivity contribution in [1.29, 1.82) is 0 Å². The first-order chi connectivity index (χ1) is 64.1. The Hall–Kier alpha value is -12.5. The summed E-state index contributed by atoms with van der Waals surface area (Å²) in [4.78, 5) is 0. The third-order valence-electron chi connectivity index (χ3n) is 30.4. The minimum Gasteiger partial charge on any atom is -0.456 e. The first-order valence-electron chi connectivity index (χ1n) is 45.8. The minimum absolute atomic E-state index is 0.308. The molecule has 4 saturated heterocycles. The largest absolute Gasteiger partial charge is 0.495 e. The standard InChI is InChI=1S/C28H20BFO5.2C28H23BO4.C28H23BO2S2/c1-27(2)28(3,4)35-29(34-27)14-11-20-22-21(12-14)33-26-16-6-5-15(30)9-13(16)10-19-25(26)24-18(31-19)8-7-17(32-20)23(22)24;1-27(2)28(3,4)33-29(32-27)17-12-13-19-20-10-7-11-21-24(20)25-23(30-21)14-16-8-5-6-9-18(16)26(25)31-22(19)15-17;1-27(2)28(3,4)33-29(32-27)18-9-10-19-24(15-18)31-21-11-12-22-26(25(19)21)20-13-16-7-5-6-8-17(16)14-23(20)30-22;1-27(2)28(3,4)31-29(30-27)17-14-22-25-23(15-17)33-26-18-9-6-5-8-16(18)12-13-20(26)19-10-7-11-21(32-22)24(19)25/h5-12H,1-4H3;3*5-15H,1-4H3. The third kappa shape index (κ3) is 12.2. The summed E-state index contributed by atoms with van der Waals surface area (Å²) in [6.07, 6.45) is 0. The van der Waals surface area contributed by atoms with E-state index in [1.807, 2.05) is 123 Å². The van der Waals surface area contributed by atoms with Crippen LogP contribution < -0.4 is 21.9 Å². The summed E-state index contributed by atoms with van der Waals surface area (Å²) in [7, 11) is -1.80. The molecule has 9 aromatic heterocycles. The van der Waals surface area contributed by atoms with Crippen molar-refractivity contribution in [2.75, 3.05) is 0 Å². The molecule has 29 rings (SSSR count). The minimum atomic E-state index is -0.566. The van der Waals surface area contributed by atoms with Crippen molar-refractivity contribution in [3.05, 3.63) is 255 Å². The summed E-state index contributed by atoms with van der Waals surface area (Å²) >= 11 is 3.75. The molecule has 4 aliphatic rings.